The molecule has 0 saturated heterocycles. The van der Waals surface area contributed by atoms with Crippen molar-refractivity contribution in [2.75, 3.05) is 20.3 Å². The van der Waals surface area contributed by atoms with Gasteiger partial charge in [-0.15, -0.1) is 0 Å². The molecule has 6 nitrogen and oxygen atoms in total. The van der Waals surface area contributed by atoms with E-state index in [1.54, 1.807) is 18.4 Å². The number of hydrogen-bond acceptors (Lipinski definition) is 5. The molecule has 7 heteroatoms. The van der Waals surface area contributed by atoms with Crippen LogP contribution in [0.25, 0.3) is 5.70 Å². The summed E-state index contributed by atoms with van der Waals surface area (Å²) in [6.07, 6.45) is 9.66. The molecule has 2 heterocycles. The molecule has 0 aromatic carbocycles. The second-order valence-electron chi connectivity index (χ2n) is 5.82. The van der Waals surface area contributed by atoms with Crippen molar-refractivity contribution < 1.29 is 4.39 Å². The van der Waals surface area contributed by atoms with Crippen LogP contribution in [0.4, 0.5) is 10.2 Å². The number of aromatic nitrogens is 1. The standard InChI is InChI=1S/C13H19N5.C3H8FN/c14-11(9-4-2-1-3-5-9)12-10-6-7-16-13(10)17-8-18(12)15;1-5-3-2-4/h6-9,16H,1-5,14-15H2;5H,2-3H2,1H3/b12-11-;. The fraction of sp³-hybridized carbons (Fsp3) is 0.562. The first-order chi connectivity index (χ1) is 11.2. The summed E-state index contributed by atoms with van der Waals surface area (Å²) in [6.45, 7) is 0.205. The number of rotatable bonds is 3. The van der Waals surface area contributed by atoms with E-state index in [2.05, 4.69) is 15.3 Å². The predicted octanol–water partition coefficient (Wildman–Crippen LogP) is 2.25. The van der Waals surface area contributed by atoms with E-state index in [1.807, 2.05) is 12.3 Å². The molecule has 1 fully saturated rings. The minimum atomic E-state index is -0.267. The van der Waals surface area contributed by atoms with Crippen molar-refractivity contribution >= 4 is 17.9 Å². The number of aromatic amines is 1. The summed E-state index contributed by atoms with van der Waals surface area (Å²) in [5, 5.41) is 4.18. The van der Waals surface area contributed by atoms with Crippen LogP contribution in [-0.4, -0.2) is 36.6 Å². The van der Waals surface area contributed by atoms with Crippen molar-refractivity contribution in [1.82, 2.24) is 15.3 Å². The molecule has 1 aliphatic heterocycles. The summed E-state index contributed by atoms with van der Waals surface area (Å²) in [5.74, 6) is 7.28. The van der Waals surface area contributed by atoms with E-state index in [0.29, 0.717) is 12.5 Å². The maximum Gasteiger partial charge on any atom is 0.141 e. The van der Waals surface area contributed by atoms with Crippen LogP contribution in [-0.2, 0) is 0 Å². The Labute approximate surface area is 136 Å². The number of halogens is 1. The van der Waals surface area contributed by atoms with Crippen molar-refractivity contribution in [3.05, 3.63) is 23.5 Å². The van der Waals surface area contributed by atoms with Crippen LogP contribution < -0.4 is 16.9 Å². The molecule has 1 saturated carbocycles. The first kappa shape index (κ1) is 17.5. The first-order valence-corrected chi connectivity index (χ1v) is 8.15. The Morgan fingerprint density at radius 1 is 1.43 bits per heavy atom. The van der Waals surface area contributed by atoms with Gasteiger partial charge in [-0.3, -0.25) is 5.01 Å². The van der Waals surface area contributed by atoms with Gasteiger partial charge in [0, 0.05) is 29.9 Å². The van der Waals surface area contributed by atoms with Gasteiger partial charge in [0.2, 0.25) is 0 Å². The van der Waals surface area contributed by atoms with Crippen LogP contribution >= 0.6 is 0 Å². The summed E-state index contributed by atoms with van der Waals surface area (Å²) < 4.78 is 10.9. The van der Waals surface area contributed by atoms with Crippen LogP contribution in [0.1, 0.15) is 37.7 Å². The molecular formula is C16H27FN6. The molecule has 0 unspecified atom stereocenters. The Kier molecular flexibility index (Phi) is 6.61. The summed E-state index contributed by atoms with van der Waals surface area (Å²) in [4.78, 5) is 7.34. The Morgan fingerprint density at radius 2 is 2.17 bits per heavy atom. The van der Waals surface area contributed by atoms with Gasteiger partial charge in [0.05, 0.1) is 5.70 Å². The van der Waals surface area contributed by atoms with Crippen LogP contribution in [0.15, 0.2) is 23.0 Å². The third-order valence-corrected chi connectivity index (χ3v) is 4.21. The number of allylic oxidation sites excluding steroid dienone is 1. The van der Waals surface area contributed by atoms with Crippen molar-refractivity contribution in [2.45, 2.75) is 32.1 Å². The fourth-order valence-corrected chi connectivity index (χ4v) is 2.98. The van der Waals surface area contributed by atoms with Crippen molar-refractivity contribution in [3.8, 4) is 0 Å². The number of aliphatic imine (C=N–C) groups is 1. The van der Waals surface area contributed by atoms with E-state index in [-0.39, 0.29) is 6.67 Å². The lowest BCUT2D eigenvalue weighted by molar-refractivity contribution is 0.397. The Balaban J connectivity index is 0.000000338. The number of nitrogens with one attached hydrogen (secondary N) is 2. The molecule has 128 valence electrons. The second-order valence-corrected chi connectivity index (χ2v) is 5.82. The van der Waals surface area contributed by atoms with E-state index in [9.17, 15) is 4.39 Å². The number of hydrogen-bond donors (Lipinski definition) is 4. The number of fused-ring (bicyclic) bond motifs is 1. The van der Waals surface area contributed by atoms with Gasteiger partial charge in [-0.1, -0.05) is 19.3 Å². The predicted molar refractivity (Wildman–Crippen MR) is 92.6 cm³/mol. The number of alkyl halides is 1. The molecule has 2 aliphatic rings. The molecule has 0 radical (unpaired) electrons. The monoisotopic (exact) mass is 322 g/mol. The molecule has 1 aromatic rings. The average molecular weight is 322 g/mol. The molecule has 1 aliphatic carbocycles. The van der Waals surface area contributed by atoms with Gasteiger partial charge in [-0.2, -0.15) is 0 Å². The van der Waals surface area contributed by atoms with Crippen LogP contribution in [0.3, 0.4) is 0 Å². The minimum Gasteiger partial charge on any atom is -0.400 e. The zero-order chi connectivity index (χ0) is 16.7. The molecule has 3 rings (SSSR count). The quantitative estimate of drug-likeness (QED) is 0.642. The van der Waals surface area contributed by atoms with E-state index >= 15 is 0 Å². The molecule has 0 spiro atoms. The lowest BCUT2D eigenvalue weighted by Crippen LogP contribution is -2.33. The topological polar surface area (TPSA) is 95.5 Å². The van der Waals surface area contributed by atoms with E-state index in [1.165, 1.54) is 32.1 Å². The SMILES string of the molecule is CNCCF.N/C(=C1/c2cc[nH]c2N=CN1N)C1CCCCC1. The summed E-state index contributed by atoms with van der Waals surface area (Å²) >= 11 is 0. The van der Waals surface area contributed by atoms with E-state index in [4.69, 9.17) is 11.6 Å². The number of nitrogens with zero attached hydrogens (tertiary/aromatic N) is 2. The largest absolute Gasteiger partial charge is 0.400 e. The van der Waals surface area contributed by atoms with Gasteiger partial charge >= 0.3 is 0 Å². The summed E-state index contributed by atoms with van der Waals surface area (Å²) in [6, 6.07) is 1.98. The highest BCUT2D eigenvalue weighted by molar-refractivity contribution is 5.86. The maximum absolute atomic E-state index is 10.9. The lowest BCUT2D eigenvalue weighted by atomic mass is 9.85. The van der Waals surface area contributed by atoms with Gasteiger partial charge in [0.1, 0.15) is 18.8 Å². The Morgan fingerprint density at radius 3 is 2.78 bits per heavy atom. The third-order valence-electron chi connectivity index (χ3n) is 4.21. The van der Waals surface area contributed by atoms with Crippen molar-refractivity contribution in [2.24, 2.45) is 22.5 Å². The first-order valence-electron chi connectivity index (χ1n) is 8.15. The number of H-pyrrole nitrogens is 1. The van der Waals surface area contributed by atoms with Gasteiger partial charge in [0.25, 0.3) is 0 Å². The molecule has 0 atom stereocenters. The fourth-order valence-electron chi connectivity index (χ4n) is 2.98. The van der Waals surface area contributed by atoms with Gasteiger partial charge in [0.15, 0.2) is 0 Å². The van der Waals surface area contributed by atoms with Crippen LogP contribution in [0.5, 0.6) is 0 Å². The highest BCUT2D eigenvalue weighted by Crippen LogP contribution is 2.36. The second kappa shape index (κ2) is 8.69. The summed E-state index contributed by atoms with van der Waals surface area (Å²) in [5.41, 5.74) is 9.19. The normalized spacial score (nSPS) is 19.9. The lowest BCUT2D eigenvalue weighted by Gasteiger charge is -2.28. The minimum absolute atomic E-state index is 0.267. The smallest absolute Gasteiger partial charge is 0.141 e. The van der Waals surface area contributed by atoms with Gasteiger partial charge in [-0.05, 0) is 26.0 Å². The Bertz CT molecular complexity index is 543. The average Bonchev–Trinajstić information content (AvgIpc) is 3.05. The third kappa shape index (κ3) is 4.33. The molecule has 6 N–H and O–H groups in total. The van der Waals surface area contributed by atoms with Crippen molar-refractivity contribution in [1.29, 1.82) is 0 Å². The van der Waals surface area contributed by atoms with Crippen LogP contribution in [0, 0.1) is 5.92 Å². The highest BCUT2D eigenvalue weighted by Gasteiger charge is 2.25. The molecule has 23 heavy (non-hydrogen) atoms. The van der Waals surface area contributed by atoms with Crippen molar-refractivity contribution in [3.63, 3.8) is 0 Å². The van der Waals surface area contributed by atoms with Gasteiger partial charge in [-0.25, -0.2) is 15.2 Å². The maximum atomic E-state index is 10.9. The van der Waals surface area contributed by atoms with E-state index < -0.39 is 0 Å². The van der Waals surface area contributed by atoms with Gasteiger partial charge < -0.3 is 16.0 Å². The number of hydrazine groups is 1. The molecule has 0 amide bonds. The van der Waals surface area contributed by atoms with Crippen LogP contribution in [0.2, 0.25) is 0 Å². The molecule has 0 bridgehead atoms. The zero-order valence-electron chi connectivity index (χ0n) is 13.7. The number of nitrogens with two attached hydrogens (primary N) is 2. The Hall–Kier alpha value is -1.86. The molecular weight excluding hydrogens is 295 g/mol. The summed E-state index contributed by atoms with van der Waals surface area (Å²) in [7, 11) is 1.72. The molecule has 1 aromatic heterocycles. The van der Waals surface area contributed by atoms with E-state index in [0.717, 1.165) is 22.8 Å². The zero-order valence-corrected chi connectivity index (χ0v) is 13.7. The highest BCUT2D eigenvalue weighted by atomic mass is 19.1.